The number of benzene rings is 3. The van der Waals surface area contributed by atoms with Crippen LogP contribution in [0.4, 0.5) is 5.69 Å². The van der Waals surface area contributed by atoms with Gasteiger partial charge in [0.1, 0.15) is 17.2 Å². The summed E-state index contributed by atoms with van der Waals surface area (Å²) < 4.78 is 11.3. The van der Waals surface area contributed by atoms with E-state index < -0.39 is 0 Å². The van der Waals surface area contributed by atoms with Crippen molar-refractivity contribution in [1.82, 2.24) is 0 Å². The van der Waals surface area contributed by atoms with Crippen molar-refractivity contribution in [2.24, 2.45) is 0 Å². The number of ether oxygens (including phenoxy) is 2. The lowest BCUT2D eigenvalue weighted by atomic mass is 10.2. The number of aryl methyl sites for hydroxylation is 2. The lowest BCUT2D eigenvalue weighted by Gasteiger charge is -2.10. The second kappa shape index (κ2) is 8.60. The Kier molecular flexibility index (Phi) is 5.99. The molecule has 27 heavy (non-hydrogen) atoms. The predicted molar refractivity (Wildman–Crippen MR) is 108 cm³/mol. The molecule has 1 N–H and O–H groups in total. The highest BCUT2D eigenvalue weighted by atomic mass is 35.5. The van der Waals surface area contributed by atoms with E-state index in [1.54, 1.807) is 36.4 Å². The zero-order valence-electron chi connectivity index (χ0n) is 15.2. The van der Waals surface area contributed by atoms with E-state index in [4.69, 9.17) is 21.1 Å². The molecule has 0 aliphatic heterocycles. The number of anilines is 1. The number of nitrogens with one attached hydrogen (secondary N) is 1. The van der Waals surface area contributed by atoms with Crippen molar-refractivity contribution in [1.29, 1.82) is 0 Å². The maximum atomic E-state index is 12.1. The molecule has 0 unspecified atom stereocenters. The summed E-state index contributed by atoms with van der Waals surface area (Å²) in [7, 11) is 0. The molecule has 0 atom stereocenters. The molecule has 0 bridgehead atoms. The van der Waals surface area contributed by atoms with Crippen molar-refractivity contribution < 1.29 is 14.3 Å². The van der Waals surface area contributed by atoms with E-state index in [-0.39, 0.29) is 12.5 Å². The zero-order valence-corrected chi connectivity index (χ0v) is 15.9. The van der Waals surface area contributed by atoms with Crippen LogP contribution in [0.2, 0.25) is 5.02 Å². The number of hydrogen-bond acceptors (Lipinski definition) is 3. The summed E-state index contributed by atoms with van der Waals surface area (Å²) in [6.07, 6.45) is 0. The van der Waals surface area contributed by atoms with E-state index in [0.717, 1.165) is 16.9 Å². The second-order valence-electron chi connectivity index (χ2n) is 6.21. The van der Waals surface area contributed by atoms with E-state index in [9.17, 15) is 4.79 Å². The molecule has 138 valence electrons. The lowest BCUT2D eigenvalue weighted by Crippen LogP contribution is -2.20. The standard InChI is InChI=1S/C22H20ClNO3/c1-15-4-3-5-19(12-15)27-18-9-7-17(8-10-18)24-22(25)14-26-21-13-16(2)6-11-20(21)23/h3-13H,14H2,1-2H3,(H,24,25). The molecule has 5 heteroatoms. The molecule has 3 aromatic carbocycles. The summed E-state index contributed by atoms with van der Waals surface area (Å²) >= 11 is 6.06. The molecule has 3 rings (SSSR count). The summed E-state index contributed by atoms with van der Waals surface area (Å²) in [6, 6.07) is 20.4. The summed E-state index contributed by atoms with van der Waals surface area (Å²) in [4.78, 5) is 12.1. The highest BCUT2D eigenvalue weighted by Crippen LogP contribution is 2.26. The molecule has 0 saturated carbocycles. The maximum Gasteiger partial charge on any atom is 0.262 e. The topological polar surface area (TPSA) is 47.6 Å². The van der Waals surface area contributed by atoms with Crippen LogP contribution in [0, 0.1) is 13.8 Å². The van der Waals surface area contributed by atoms with Gasteiger partial charge in [0.2, 0.25) is 0 Å². The number of carbonyl (C=O) groups is 1. The molecule has 0 aliphatic carbocycles. The van der Waals surface area contributed by atoms with Crippen molar-refractivity contribution in [3.8, 4) is 17.2 Å². The molecule has 0 aromatic heterocycles. The molecular weight excluding hydrogens is 362 g/mol. The number of carbonyl (C=O) groups excluding carboxylic acids is 1. The first-order valence-corrected chi connectivity index (χ1v) is 8.91. The van der Waals surface area contributed by atoms with Gasteiger partial charge in [-0.3, -0.25) is 4.79 Å². The molecule has 3 aromatic rings. The number of halogens is 1. The summed E-state index contributed by atoms with van der Waals surface area (Å²) in [5, 5.41) is 3.26. The van der Waals surface area contributed by atoms with Crippen LogP contribution in [-0.2, 0) is 4.79 Å². The second-order valence-corrected chi connectivity index (χ2v) is 6.62. The van der Waals surface area contributed by atoms with Crippen LogP contribution in [0.5, 0.6) is 17.2 Å². The van der Waals surface area contributed by atoms with Crippen molar-refractivity contribution >= 4 is 23.2 Å². The number of amides is 1. The number of rotatable bonds is 6. The summed E-state index contributed by atoms with van der Waals surface area (Å²) in [5.74, 6) is 1.70. The maximum absolute atomic E-state index is 12.1. The van der Waals surface area contributed by atoms with E-state index in [0.29, 0.717) is 22.2 Å². The van der Waals surface area contributed by atoms with Gasteiger partial charge in [-0.05, 0) is 73.5 Å². The third kappa shape index (κ3) is 5.50. The van der Waals surface area contributed by atoms with Gasteiger partial charge in [0.25, 0.3) is 5.91 Å². The van der Waals surface area contributed by atoms with Gasteiger partial charge < -0.3 is 14.8 Å². The first-order chi connectivity index (χ1) is 13.0. The SMILES string of the molecule is Cc1cccc(Oc2ccc(NC(=O)COc3cc(C)ccc3Cl)cc2)c1. The van der Waals surface area contributed by atoms with Crippen molar-refractivity contribution in [3.63, 3.8) is 0 Å². The smallest absolute Gasteiger partial charge is 0.262 e. The van der Waals surface area contributed by atoms with Crippen LogP contribution < -0.4 is 14.8 Å². The fourth-order valence-corrected chi connectivity index (χ4v) is 2.65. The van der Waals surface area contributed by atoms with Crippen LogP contribution in [0.1, 0.15) is 11.1 Å². The van der Waals surface area contributed by atoms with Gasteiger partial charge >= 0.3 is 0 Å². The minimum absolute atomic E-state index is 0.120. The van der Waals surface area contributed by atoms with Gasteiger partial charge in [0.05, 0.1) is 5.02 Å². The normalized spacial score (nSPS) is 10.3. The zero-order chi connectivity index (χ0) is 19.2. The quantitative estimate of drug-likeness (QED) is 0.589. The molecule has 4 nitrogen and oxygen atoms in total. The van der Waals surface area contributed by atoms with Crippen LogP contribution >= 0.6 is 11.6 Å². The Hall–Kier alpha value is -2.98. The van der Waals surface area contributed by atoms with Gasteiger partial charge in [-0.25, -0.2) is 0 Å². The fourth-order valence-electron chi connectivity index (χ4n) is 2.48. The largest absolute Gasteiger partial charge is 0.482 e. The minimum Gasteiger partial charge on any atom is -0.482 e. The molecule has 0 radical (unpaired) electrons. The third-order valence-electron chi connectivity index (χ3n) is 3.81. The monoisotopic (exact) mass is 381 g/mol. The highest BCUT2D eigenvalue weighted by molar-refractivity contribution is 6.32. The molecular formula is C22H20ClNO3. The average Bonchev–Trinajstić information content (AvgIpc) is 2.64. The Morgan fingerprint density at radius 1 is 0.926 bits per heavy atom. The Balaban J connectivity index is 1.54. The summed E-state index contributed by atoms with van der Waals surface area (Å²) in [5.41, 5.74) is 2.81. The third-order valence-corrected chi connectivity index (χ3v) is 4.12. The van der Waals surface area contributed by atoms with Crippen LogP contribution in [-0.4, -0.2) is 12.5 Å². The Morgan fingerprint density at radius 2 is 1.67 bits per heavy atom. The van der Waals surface area contributed by atoms with E-state index >= 15 is 0 Å². The Morgan fingerprint density at radius 3 is 2.41 bits per heavy atom. The van der Waals surface area contributed by atoms with Crippen LogP contribution in [0.15, 0.2) is 66.7 Å². The van der Waals surface area contributed by atoms with E-state index in [1.165, 1.54) is 0 Å². The van der Waals surface area contributed by atoms with Gasteiger partial charge in [0, 0.05) is 5.69 Å². The number of hydrogen-bond donors (Lipinski definition) is 1. The predicted octanol–water partition coefficient (Wildman–Crippen LogP) is 5.77. The average molecular weight is 382 g/mol. The Bertz CT molecular complexity index is 939. The highest BCUT2D eigenvalue weighted by Gasteiger charge is 2.07. The van der Waals surface area contributed by atoms with E-state index in [2.05, 4.69) is 5.32 Å². The van der Waals surface area contributed by atoms with Gasteiger partial charge in [-0.15, -0.1) is 0 Å². The molecule has 0 spiro atoms. The lowest BCUT2D eigenvalue weighted by molar-refractivity contribution is -0.118. The molecule has 0 heterocycles. The van der Waals surface area contributed by atoms with Crippen LogP contribution in [0.3, 0.4) is 0 Å². The summed E-state index contributed by atoms with van der Waals surface area (Å²) in [6.45, 7) is 3.83. The fraction of sp³-hybridized carbons (Fsp3) is 0.136. The first kappa shape index (κ1) is 18.8. The van der Waals surface area contributed by atoms with Crippen LogP contribution in [0.25, 0.3) is 0 Å². The van der Waals surface area contributed by atoms with Crippen molar-refractivity contribution in [2.75, 3.05) is 11.9 Å². The minimum atomic E-state index is -0.264. The molecule has 0 fully saturated rings. The molecule has 0 saturated heterocycles. The van der Waals surface area contributed by atoms with Gasteiger partial charge in [-0.1, -0.05) is 29.8 Å². The Labute approximate surface area is 163 Å². The van der Waals surface area contributed by atoms with Crippen molar-refractivity contribution in [3.05, 3.63) is 82.9 Å². The first-order valence-electron chi connectivity index (χ1n) is 8.53. The van der Waals surface area contributed by atoms with E-state index in [1.807, 2.05) is 44.2 Å². The molecule has 0 aliphatic rings. The van der Waals surface area contributed by atoms with Gasteiger partial charge in [-0.2, -0.15) is 0 Å². The van der Waals surface area contributed by atoms with Gasteiger partial charge in [0.15, 0.2) is 6.61 Å². The molecule has 1 amide bonds. The van der Waals surface area contributed by atoms with Crippen molar-refractivity contribution in [2.45, 2.75) is 13.8 Å².